The molecule has 0 amide bonds. The fourth-order valence-electron chi connectivity index (χ4n) is 5.24. The molecule has 30 heavy (non-hydrogen) atoms. The van der Waals surface area contributed by atoms with E-state index in [1.54, 1.807) is 6.07 Å². The second-order valence-corrected chi connectivity index (χ2v) is 9.05. The molecule has 0 N–H and O–H groups in total. The van der Waals surface area contributed by atoms with Crippen LogP contribution in [0.15, 0.2) is 30.4 Å². The van der Waals surface area contributed by atoms with Crippen LogP contribution >= 0.6 is 0 Å². The highest BCUT2D eigenvalue weighted by molar-refractivity contribution is 5.31. The summed E-state index contributed by atoms with van der Waals surface area (Å²) in [4.78, 5) is 0. The van der Waals surface area contributed by atoms with E-state index in [0.717, 1.165) is 43.1 Å². The molecule has 168 valence electrons. The molecule has 0 radical (unpaired) electrons. The third kappa shape index (κ3) is 7.02. The van der Waals surface area contributed by atoms with Gasteiger partial charge in [-0.3, -0.25) is 4.39 Å². The van der Waals surface area contributed by atoms with Gasteiger partial charge in [-0.05, 0) is 99.2 Å². The quantitative estimate of drug-likeness (QED) is 0.286. The van der Waals surface area contributed by atoms with Gasteiger partial charge in [-0.25, -0.2) is 4.39 Å². The Balaban J connectivity index is 1.37. The maximum absolute atomic E-state index is 14.0. The van der Waals surface area contributed by atoms with Crippen molar-refractivity contribution >= 4 is 0 Å². The van der Waals surface area contributed by atoms with E-state index in [9.17, 15) is 17.6 Å². The number of hydrogen-bond acceptors (Lipinski definition) is 1. The van der Waals surface area contributed by atoms with Gasteiger partial charge < -0.3 is 4.74 Å². The first-order valence-corrected chi connectivity index (χ1v) is 11.5. The summed E-state index contributed by atoms with van der Waals surface area (Å²) >= 11 is 0. The second kappa shape index (κ2) is 11.8. The zero-order chi connectivity index (χ0) is 21.3. The van der Waals surface area contributed by atoms with Crippen LogP contribution < -0.4 is 4.74 Å². The Bertz CT molecular complexity index is 659. The SMILES string of the molecule is FCC/C=C/C1CCC(CCC2CCC(c3ccc(OC(F)F)c(F)c3)CC2)CC1. The molecule has 1 aromatic rings. The molecule has 2 fully saturated rings. The molecule has 0 aromatic heterocycles. The van der Waals surface area contributed by atoms with Crippen LogP contribution in [0.1, 0.15) is 82.1 Å². The molecule has 0 atom stereocenters. The molecule has 0 heterocycles. The van der Waals surface area contributed by atoms with Crippen molar-refractivity contribution in [2.45, 2.75) is 83.2 Å². The summed E-state index contributed by atoms with van der Waals surface area (Å²) < 4.78 is 55.0. The molecule has 0 aliphatic heterocycles. The molecule has 1 nitrogen and oxygen atoms in total. The highest BCUT2D eigenvalue weighted by atomic mass is 19.3. The predicted molar refractivity (Wildman–Crippen MR) is 112 cm³/mol. The summed E-state index contributed by atoms with van der Waals surface area (Å²) in [6.45, 7) is -3.27. The lowest BCUT2D eigenvalue weighted by Crippen LogP contribution is -2.17. The Morgan fingerprint density at radius 2 is 1.57 bits per heavy atom. The zero-order valence-corrected chi connectivity index (χ0v) is 17.7. The van der Waals surface area contributed by atoms with E-state index in [-0.39, 0.29) is 12.4 Å². The molecule has 0 spiro atoms. The van der Waals surface area contributed by atoms with Gasteiger partial charge >= 0.3 is 6.61 Å². The van der Waals surface area contributed by atoms with Crippen molar-refractivity contribution in [2.24, 2.45) is 17.8 Å². The van der Waals surface area contributed by atoms with Crippen LogP contribution in [0.3, 0.4) is 0 Å². The maximum atomic E-state index is 14.0. The smallest absolute Gasteiger partial charge is 0.387 e. The maximum Gasteiger partial charge on any atom is 0.387 e. The van der Waals surface area contributed by atoms with Gasteiger partial charge in [-0.1, -0.05) is 31.1 Å². The first-order valence-electron chi connectivity index (χ1n) is 11.5. The molecule has 2 aliphatic rings. The Hall–Kier alpha value is -1.52. The molecular formula is C25H34F4O. The summed E-state index contributed by atoms with van der Waals surface area (Å²) in [5.41, 5.74) is 0.895. The van der Waals surface area contributed by atoms with Gasteiger partial charge in [0.1, 0.15) is 0 Å². The number of ether oxygens (including phenoxy) is 1. The molecular weight excluding hydrogens is 392 g/mol. The summed E-state index contributed by atoms with van der Waals surface area (Å²) in [6.07, 6.45) is 16.7. The summed E-state index contributed by atoms with van der Waals surface area (Å²) in [5.74, 6) is 1.43. The van der Waals surface area contributed by atoms with Gasteiger partial charge in [0, 0.05) is 0 Å². The minimum atomic E-state index is -3.01. The minimum Gasteiger partial charge on any atom is -0.432 e. The first kappa shape index (κ1) is 23.1. The lowest BCUT2D eigenvalue weighted by Gasteiger charge is -2.31. The molecule has 2 saturated carbocycles. The average molecular weight is 427 g/mol. The molecule has 3 rings (SSSR count). The molecule has 5 heteroatoms. The van der Waals surface area contributed by atoms with E-state index in [4.69, 9.17) is 0 Å². The fraction of sp³-hybridized carbons (Fsp3) is 0.680. The molecule has 0 saturated heterocycles. The average Bonchev–Trinajstić information content (AvgIpc) is 2.75. The van der Waals surface area contributed by atoms with Crippen LogP contribution in [0, 0.1) is 23.6 Å². The lowest BCUT2D eigenvalue weighted by molar-refractivity contribution is -0.0522. The van der Waals surface area contributed by atoms with Crippen molar-refractivity contribution in [1.29, 1.82) is 0 Å². The summed E-state index contributed by atoms with van der Waals surface area (Å²) in [5, 5.41) is 0. The lowest BCUT2D eigenvalue weighted by atomic mass is 9.74. The van der Waals surface area contributed by atoms with Gasteiger partial charge in [-0.15, -0.1) is 0 Å². The van der Waals surface area contributed by atoms with Crippen LogP contribution in [-0.4, -0.2) is 13.3 Å². The van der Waals surface area contributed by atoms with Gasteiger partial charge in [0.25, 0.3) is 0 Å². The monoisotopic (exact) mass is 426 g/mol. The van der Waals surface area contributed by atoms with Crippen molar-refractivity contribution in [3.8, 4) is 5.75 Å². The number of allylic oxidation sites excluding steroid dienone is 2. The topological polar surface area (TPSA) is 9.23 Å². The van der Waals surface area contributed by atoms with E-state index in [0.29, 0.717) is 18.3 Å². The van der Waals surface area contributed by atoms with Crippen molar-refractivity contribution < 1.29 is 22.3 Å². The summed E-state index contributed by atoms with van der Waals surface area (Å²) in [7, 11) is 0. The second-order valence-electron chi connectivity index (χ2n) is 9.05. The Kier molecular flexibility index (Phi) is 9.07. The fourth-order valence-corrected chi connectivity index (χ4v) is 5.24. The third-order valence-corrected chi connectivity index (χ3v) is 7.05. The number of benzene rings is 1. The Labute approximate surface area is 177 Å². The van der Waals surface area contributed by atoms with Gasteiger partial charge in [0.15, 0.2) is 11.6 Å². The van der Waals surface area contributed by atoms with Gasteiger partial charge in [-0.2, -0.15) is 8.78 Å². The Morgan fingerprint density at radius 1 is 0.933 bits per heavy atom. The van der Waals surface area contributed by atoms with Crippen molar-refractivity contribution in [2.75, 3.05) is 6.67 Å². The zero-order valence-electron chi connectivity index (χ0n) is 17.7. The predicted octanol–water partition coefficient (Wildman–Crippen LogP) is 8.20. The number of alkyl halides is 3. The van der Waals surface area contributed by atoms with E-state index in [1.165, 1.54) is 50.7 Å². The van der Waals surface area contributed by atoms with Gasteiger partial charge in [0.2, 0.25) is 0 Å². The van der Waals surface area contributed by atoms with E-state index in [1.807, 2.05) is 6.08 Å². The van der Waals surface area contributed by atoms with E-state index >= 15 is 0 Å². The van der Waals surface area contributed by atoms with Crippen molar-refractivity contribution in [1.82, 2.24) is 0 Å². The van der Waals surface area contributed by atoms with Crippen molar-refractivity contribution in [3.63, 3.8) is 0 Å². The van der Waals surface area contributed by atoms with Crippen LogP contribution in [0.4, 0.5) is 17.6 Å². The largest absolute Gasteiger partial charge is 0.432 e. The standard InChI is InChI=1S/C25H34F4O/c26-16-2-1-3-18-4-6-19(7-5-18)8-9-20-10-12-21(13-11-20)22-14-15-24(23(27)17-22)30-25(28)29/h1,3,14-15,17-21,25H,2,4-13,16H2/b3-1+. The minimum absolute atomic E-state index is 0.262. The number of rotatable bonds is 9. The van der Waals surface area contributed by atoms with Crippen LogP contribution in [-0.2, 0) is 0 Å². The molecule has 0 unspecified atom stereocenters. The molecule has 0 bridgehead atoms. The molecule has 1 aromatic carbocycles. The normalized spacial score (nSPS) is 27.6. The van der Waals surface area contributed by atoms with Gasteiger partial charge in [0.05, 0.1) is 6.67 Å². The van der Waals surface area contributed by atoms with E-state index in [2.05, 4.69) is 10.8 Å². The third-order valence-electron chi connectivity index (χ3n) is 7.05. The van der Waals surface area contributed by atoms with Crippen LogP contribution in [0.2, 0.25) is 0 Å². The highest BCUT2D eigenvalue weighted by Crippen LogP contribution is 2.40. The molecule has 2 aliphatic carbocycles. The number of hydrogen-bond donors (Lipinski definition) is 0. The highest BCUT2D eigenvalue weighted by Gasteiger charge is 2.25. The van der Waals surface area contributed by atoms with E-state index < -0.39 is 12.4 Å². The first-order chi connectivity index (χ1) is 14.5. The van der Waals surface area contributed by atoms with Crippen LogP contribution in [0.5, 0.6) is 5.75 Å². The number of halogens is 4. The Morgan fingerprint density at radius 3 is 2.13 bits per heavy atom. The summed E-state index contributed by atoms with van der Waals surface area (Å²) in [6, 6.07) is 4.42. The van der Waals surface area contributed by atoms with Crippen LogP contribution in [0.25, 0.3) is 0 Å². The van der Waals surface area contributed by atoms with Crippen molar-refractivity contribution in [3.05, 3.63) is 41.7 Å².